The maximum atomic E-state index is 12.5. The van der Waals surface area contributed by atoms with Gasteiger partial charge in [-0.05, 0) is 60.7 Å². The normalized spacial score (nSPS) is 10.6. The molecule has 32 heavy (non-hydrogen) atoms. The van der Waals surface area contributed by atoms with Gasteiger partial charge in [0, 0.05) is 16.8 Å². The molecule has 1 aromatic heterocycles. The maximum absolute atomic E-state index is 12.5. The van der Waals surface area contributed by atoms with Crippen LogP contribution in [0, 0.1) is 0 Å². The summed E-state index contributed by atoms with van der Waals surface area (Å²) < 4.78 is 34.5. The topological polar surface area (TPSA) is 72.5 Å². The number of carbonyl (C=O) groups excluding carboxylic acids is 1. The first-order valence-corrected chi connectivity index (χ1v) is 10.3. The summed E-state index contributed by atoms with van der Waals surface area (Å²) in [5.41, 5.74) is 1.48. The molecule has 1 amide bonds. The summed E-state index contributed by atoms with van der Waals surface area (Å²) >= 11 is 1.25. The Morgan fingerprint density at radius 1 is 0.844 bits per heavy atom. The fraction of sp³-hybridized carbons (Fsp3) is 0.0435. The number of hydrogen-bond donors (Lipinski definition) is 2. The molecule has 2 N–H and O–H groups in total. The van der Waals surface area contributed by atoms with Gasteiger partial charge in [0.1, 0.15) is 22.9 Å². The molecule has 1 heterocycles. The molecule has 3 aromatic carbocycles. The van der Waals surface area contributed by atoms with Crippen molar-refractivity contribution in [3.63, 3.8) is 0 Å². The van der Waals surface area contributed by atoms with Gasteiger partial charge in [0.05, 0.1) is 0 Å². The molecule has 0 unspecified atom stereocenters. The smallest absolute Gasteiger partial charge is 0.387 e. The van der Waals surface area contributed by atoms with Crippen molar-refractivity contribution in [3.8, 4) is 17.2 Å². The number of ether oxygens (including phenoxy) is 2. The molecule has 0 saturated heterocycles. The summed E-state index contributed by atoms with van der Waals surface area (Å²) in [6.07, 6.45) is 0. The lowest BCUT2D eigenvalue weighted by molar-refractivity contribution is -0.0498. The third-order valence-corrected chi connectivity index (χ3v) is 4.92. The van der Waals surface area contributed by atoms with Crippen LogP contribution in [0.1, 0.15) is 10.5 Å². The number of nitrogens with one attached hydrogen (secondary N) is 2. The minimum atomic E-state index is -2.87. The van der Waals surface area contributed by atoms with Gasteiger partial charge in [-0.25, -0.2) is 4.98 Å². The number of aromatic nitrogens is 1. The molecule has 0 spiro atoms. The number of anilines is 3. The van der Waals surface area contributed by atoms with Crippen LogP contribution in [-0.2, 0) is 0 Å². The Morgan fingerprint density at radius 2 is 1.47 bits per heavy atom. The zero-order chi connectivity index (χ0) is 22.3. The number of amides is 1. The molecule has 0 fully saturated rings. The second kappa shape index (κ2) is 9.88. The number of hydrogen-bond acceptors (Lipinski definition) is 6. The minimum absolute atomic E-state index is 0.0601. The van der Waals surface area contributed by atoms with E-state index in [4.69, 9.17) is 4.74 Å². The monoisotopic (exact) mass is 453 g/mol. The number of alkyl halides is 2. The van der Waals surface area contributed by atoms with E-state index >= 15 is 0 Å². The first-order valence-electron chi connectivity index (χ1n) is 9.47. The lowest BCUT2D eigenvalue weighted by Gasteiger charge is -2.07. The van der Waals surface area contributed by atoms with Crippen LogP contribution in [0.3, 0.4) is 0 Å². The van der Waals surface area contributed by atoms with Crippen molar-refractivity contribution in [2.24, 2.45) is 0 Å². The lowest BCUT2D eigenvalue weighted by atomic mass is 10.3. The second-order valence-electron chi connectivity index (χ2n) is 6.46. The number of nitrogens with zero attached hydrogens (tertiary/aromatic N) is 1. The summed E-state index contributed by atoms with van der Waals surface area (Å²) in [6, 6.07) is 22.4. The molecule has 0 saturated carbocycles. The predicted octanol–water partition coefficient (Wildman–Crippen LogP) is 6.53. The van der Waals surface area contributed by atoms with Gasteiger partial charge in [-0.3, -0.25) is 4.79 Å². The first-order chi connectivity index (χ1) is 15.5. The molecule has 0 aliphatic heterocycles. The van der Waals surface area contributed by atoms with Crippen LogP contribution >= 0.6 is 11.3 Å². The standard InChI is InChI=1S/C23H17F2N3O3S/c24-22(25)31-19-12-8-16(9-13-19)27-23-28-20(14-32-23)21(29)26-15-6-10-18(11-7-15)30-17-4-2-1-3-5-17/h1-14,22H,(H,26,29)(H,27,28). The highest BCUT2D eigenvalue weighted by Crippen LogP contribution is 2.25. The average Bonchev–Trinajstić information content (AvgIpc) is 3.26. The highest BCUT2D eigenvalue weighted by Gasteiger charge is 2.12. The van der Waals surface area contributed by atoms with E-state index in [-0.39, 0.29) is 17.4 Å². The van der Waals surface area contributed by atoms with E-state index in [1.54, 1.807) is 41.8 Å². The van der Waals surface area contributed by atoms with E-state index in [0.29, 0.717) is 22.3 Å². The predicted molar refractivity (Wildman–Crippen MR) is 119 cm³/mol. The highest BCUT2D eigenvalue weighted by atomic mass is 32.1. The van der Waals surface area contributed by atoms with Crippen molar-refractivity contribution in [2.45, 2.75) is 6.61 Å². The van der Waals surface area contributed by atoms with Gasteiger partial charge in [-0.2, -0.15) is 8.78 Å². The molecule has 0 radical (unpaired) electrons. The van der Waals surface area contributed by atoms with Crippen molar-refractivity contribution in [3.05, 3.63) is 89.9 Å². The van der Waals surface area contributed by atoms with E-state index in [9.17, 15) is 13.6 Å². The number of thiazole rings is 1. The first kappa shape index (κ1) is 21.3. The molecule has 0 aliphatic carbocycles. The van der Waals surface area contributed by atoms with Crippen LogP contribution in [0.4, 0.5) is 25.3 Å². The van der Waals surface area contributed by atoms with Gasteiger partial charge < -0.3 is 20.1 Å². The Morgan fingerprint density at radius 3 is 2.16 bits per heavy atom. The molecule has 6 nitrogen and oxygen atoms in total. The molecular weight excluding hydrogens is 436 g/mol. The fourth-order valence-electron chi connectivity index (χ4n) is 2.70. The van der Waals surface area contributed by atoms with Gasteiger partial charge in [0.2, 0.25) is 0 Å². The number of carbonyl (C=O) groups is 1. The third kappa shape index (κ3) is 5.79. The van der Waals surface area contributed by atoms with E-state index in [1.807, 2.05) is 30.3 Å². The molecule has 4 aromatic rings. The second-order valence-corrected chi connectivity index (χ2v) is 7.32. The molecular formula is C23H17F2N3O3S. The quantitative estimate of drug-likeness (QED) is 0.317. The van der Waals surface area contributed by atoms with Crippen molar-refractivity contribution >= 4 is 33.8 Å². The van der Waals surface area contributed by atoms with Crippen LogP contribution in [0.2, 0.25) is 0 Å². The van der Waals surface area contributed by atoms with Gasteiger partial charge in [-0.1, -0.05) is 18.2 Å². The summed E-state index contributed by atoms with van der Waals surface area (Å²) in [5, 5.41) is 7.92. The van der Waals surface area contributed by atoms with Gasteiger partial charge in [-0.15, -0.1) is 11.3 Å². The summed E-state index contributed by atoms with van der Waals surface area (Å²) in [5.74, 6) is 1.08. The lowest BCUT2D eigenvalue weighted by Crippen LogP contribution is -2.12. The average molecular weight is 453 g/mol. The summed E-state index contributed by atoms with van der Waals surface area (Å²) in [6.45, 7) is -2.87. The van der Waals surface area contributed by atoms with Crippen molar-refractivity contribution in [1.29, 1.82) is 0 Å². The SMILES string of the molecule is O=C(Nc1ccc(Oc2ccccc2)cc1)c1csc(Nc2ccc(OC(F)F)cc2)n1. The van der Waals surface area contributed by atoms with Crippen molar-refractivity contribution < 1.29 is 23.0 Å². The molecule has 162 valence electrons. The highest BCUT2D eigenvalue weighted by molar-refractivity contribution is 7.14. The Bertz CT molecular complexity index is 1170. The van der Waals surface area contributed by atoms with Crippen LogP contribution < -0.4 is 20.1 Å². The molecule has 0 bridgehead atoms. The van der Waals surface area contributed by atoms with Gasteiger partial charge in [0.25, 0.3) is 5.91 Å². The van der Waals surface area contributed by atoms with E-state index in [2.05, 4.69) is 20.4 Å². The number of benzene rings is 3. The Kier molecular flexibility index (Phi) is 6.57. The largest absolute Gasteiger partial charge is 0.457 e. The van der Waals surface area contributed by atoms with Gasteiger partial charge in [0.15, 0.2) is 5.13 Å². The molecule has 0 aliphatic rings. The van der Waals surface area contributed by atoms with Crippen LogP contribution in [0.25, 0.3) is 0 Å². The Labute approximate surface area is 186 Å². The van der Waals surface area contributed by atoms with Crippen molar-refractivity contribution in [2.75, 3.05) is 10.6 Å². The molecule has 0 atom stereocenters. The summed E-state index contributed by atoms with van der Waals surface area (Å²) in [4.78, 5) is 16.8. The maximum Gasteiger partial charge on any atom is 0.387 e. The number of halogens is 2. The fourth-order valence-corrected chi connectivity index (χ4v) is 3.42. The Hall–Kier alpha value is -3.98. The van der Waals surface area contributed by atoms with Gasteiger partial charge >= 0.3 is 6.61 Å². The molecule has 4 rings (SSSR count). The van der Waals surface area contributed by atoms with Crippen molar-refractivity contribution in [1.82, 2.24) is 4.98 Å². The Balaban J connectivity index is 1.33. The van der Waals surface area contributed by atoms with E-state index < -0.39 is 6.61 Å². The third-order valence-electron chi connectivity index (χ3n) is 4.16. The molecule has 9 heteroatoms. The zero-order valence-electron chi connectivity index (χ0n) is 16.5. The minimum Gasteiger partial charge on any atom is -0.457 e. The van der Waals surface area contributed by atoms with Crippen LogP contribution in [0.5, 0.6) is 17.2 Å². The van der Waals surface area contributed by atoms with Crippen LogP contribution in [0.15, 0.2) is 84.2 Å². The van der Waals surface area contributed by atoms with E-state index in [1.165, 1.54) is 23.5 Å². The number of rotatable bonds is 8. The zero-order valence-corrected chi connectivity index (χ0v) is 17.3. The number of para-hydroxylation sites is 1. The van der Waals surface area contributed by atoms with Crippen LogP contribution in [-0.4, -0.2) is 17.5 Å². The summed E-state index contributed by atoms with van der Waals surface area (Å²) in [7, 11) is 0. The van der Waals surface area contributed by atoms with E-state index in [0.717, 1.165) is 5.75 Å².